The molecule has 0 spiro atoms. The summed E-state index contributed by atoms with van der Waals surface area (Å²) in [6.07, 6.45) is -1.10. The molecule has 1 rings (SSSR count). The molecule has 0 amide bonds. The average molecular weight is 194 g/mol. The fraction of sp³-hybridized carbons (Fsp3) is 1.00. The predicted molar refractivity (Wildman–Crippen MR) is 44.8 cm³/mol. The topological polar surface area (TPSA) is 29.5 Å². The van der Waals surface area contributed by atoms with Crippen LogP contribution in [0.25, 0.3) is 0 Å². The molecule has 13 heavy (non-hydrogen) atoms. The fourth-order valence-electron chi connectivity index (χ4n) is 1.66. The first-order valence-corrected chi connectivity index (χ1v) is 4.70. The summed E-state index contributed by atoms with van der Waals surface area (Å²) < 4.78 is 30.1. The van der Waals surface area contributed by atoms with Gasteiger partial charge < -0.3 is 9.84 Å². The molecule has 78 valence electrons. The highest BCUT2D eigenvalue weighted by Crippen LogP contribution is 2.31. The molecular formula is C9H16F2O2. The highest BCUT2D eigenvalue weighted by Gasteiger charge is 2.42. The smallest absolute Gasteiger partial charge is 0.266 e. The first-order chi connectivity index (χ1) is 6.08. The molecule has 1 N–H and O–H groups in total. The highest BCUT2D eigenvalue weighted by molar-refractivity contribution is 4.87. The van der Waals surface area contributed by atoms with Gasteiger partial charge >= 0.3 is 0 Å². The van der Waals surface area contributed by atoms with Gasteiger partial charge in [0.1, 0.15) is 5.60 Å². The van der Waals surface area contributed by atoms with Crippen LogP contribution in [0.5, 0.6) is 0 Å². The minimum atomic E-state index is -2.66. The van der Waals surface area contributed by atoms with E-state index in [1.807, 2.05) is 6.92 Å². The van der Waals surface area contributed by atoms with Gasteiger partial charge in [-0.15, -0.1) is 0 Å². The third-order valence-electron chi connectivity index (χ3n) is 2.49. The maximum Gasteiger partial charge on any atom is 0.266 e. The van der Waals surface area contributed by atoms with Gasteiger partial charge in [0.05, 0.1) is 6.10 Å². The first kappa shape index (κ1) is 10.9. The van der Waals surface area contributed by atoms with Crippen molar-refractivity contribution in [1.82, 2.24) is 0 Å². The lowest BCUT2D eigenvalue weighted by Gasteiger charge is -2.36. The van der Waals surface area contributed by atoms with Crippen molar-refractivity contribution < 1.29 is 18.6 Å². The number of hydrogen-bond acceptors (Lipinski definition) is 2. The molecule has 1 aliphatic rings. The molecule has 0 aromatic rings. The largest absolute Gasteiger partial charge is 0.384 e. The van der Waals surface area contributed by atoms with Gasteiger partial charge in [-0.2, -0.15) is 0 Å². The van der Waals surface area contributed by atoms with Crippen LogP contribution in [0, 0.1) is 0 Å². The molecule has 0 saturated carbocycles. The molecule has 2 atom stereocenters. The van der Waals surface area contributed by atoms with Crippen molar-refractivity contribution in [2.45, 2.75) is 50.7 Å². The summed E-state index contributed by atoms with van der Waals surface area (Å²) in [4.78, 5) is 0. The Labute approximate surface area is 76.9 Å². The van der Waals surface area contributed by atoms with Crippen molar-refractivity contribution in [1.29, 1.82) is 0 Å². The van der Waals surface area contributed by atoms with Crippen LogP contribution in [-0.2, 0) is 4.74 Å². The molecule has 1 fully saturated rings. The van der Waals surface area contributed by atoms with Crippen LogP contribution in [0.3, 0.4) is 0 Å². The fourth-order valence-corrected chi connectivity index (χ4v) is 1.66. The van der Waals surface area contributed by atoms with E-state index in [1.54, 1.807) is 0 Å². The van der Waals surface area contributed by atoms with Gasteiger partial charge in [-0.25, -0.2) is 8.78 Å². The molecule has 0 radical (unpaired) electrons. The van der Waals surface area contributed by atoms with Gasteiger partial charge in [0.2, 0.25) is 0 Å². The van der Waals surface area contributed by atoms with Crippen LogP contribution in [0.2, 0.25) is 0 Å². The Balaban J connectivity index is 2.49. The molecule has 1 aliphatic heterocycles. The van der Waals surface area contributed by atoms with Crippen LogP contribution in [-0.4, -0.2) is 29.8 Å². The Bertz CT molecular complexity index is 162. The molecule has 1 heterocycles. The van der Waals surface area contributed by atoms with E-state index in [0.717, 1.165) is 12.8 Å². The van der Waals surface area contributed by atoms with Crippen molar-refractivity contribution >= 4 is 0 Å². The Morgan fingerprint density at radius 3 is 2.85 bits per heavy atom. The Morgan fingerprint density at radius 2 is 2.31 bits per heavy atom. The number of aliphatic hydroxyl groups is 1. The minimum absolute atomic E-state index is 0.0465. The van der Waals surface area contributed by atoms with Gasteiger partial charge in [-0.05, 0) is 6.42 Å². The second-order valence-electron chi connectivity index (χ2n) is 3.64. The molecule has 2 unspecified atom stereocenters. The third kappa shape index (κ3) is 2.61. The summed E-state index contributed by atoms with van der Waals surface area (Å²) in [5, 5.41) is 9.52. The van der Waals surface area contributed by atoms with Crippen molar-refractivity contribution in [3.63, 3.8) is 0 Å². The molecule has 2 nitrogen and oxygen atoms in total. The van der Waals surface area contributed by atoms with Crippen LogP contribution in [0.4, 0.5) is 8.78 Å². The summed E-state index contributed by atoms with van der Waals surface area (Å²) in [6, 6.07) is 0. The first-order valence-electron chi connectivity index (χ1n) is 4.70. The second kappa shape index (κ2) is 4.33. The third-order valence-corrected chi connectivity index (χ3v) is 2.49. The van der Waals surface area contributed by atoms with Crippen molar-refractivity contribution in [2.75, 3.05) is 6.61 Å². The summed E-state index contributed by atoms with van der Waals surface area (Å²) in [5.41, 5.74) is -1.81. The SMILES string of the molecule is CCCC1CC(O)(C(F)F)CCO1. The van der Waals surface area contributed by atoms with Gasteiger partial charge in [0, 0.05) is 19.4 Å². The molecule has 0 bridgehead atoms. The van der Waals surface area contributed by atoms with Crippen LogP contribution in [0.1, 0.15) is 32.6 Å². The van der Waals surface area contributed by atoms with Gasteiger partial charge in [0.25, 0.3) is 6.43 Å². The van der Waals surface area contributed by atoms with Gasteiger partial charge in [0.15, 0.2) is 0 Å². The highest BCUT2D eigenvalue weighted by atomic mass is 19.3. The molecular weight excluding hydrogens is 178 g/mol. The maximum absolute atomic E-state index is 12.4. The summed E-state index contributed by atoms with van der Waals surface area (Å²) >= 11 is 0. The van der Waals surface area contributed by atoms with E-state index >= 15 is 0 Å². The van der Waals surface area contributed by atoms with Gasteiger partial charge in [-0.1, -0.05) is 13.3 Å². The zero-order valence-corrected chi connectivity index (χ0v) is 7.80. The van der Waals surface area contributed by atoms with Crippen molar-refractivity contribution in [2.24, 2.45) is 0 Å². The van der Waals surface area contributed by atoms with Crippen molar-refractivity contribution in [3.05, 3.63) is 0 Å². The lowest BCUT2D eigenvalue weighted by molar-refractivity contribution is -0.169. The predicted octanol–water partition coefficient (Wildman–Crippen LogP) is 1.96. The zero-order valence-electron chi connectivity index (χ0n) is 7.80. The summed E-state index contributed by atoms with van der Waals surface area (Å²) in [5.74, 6) is 0. The Hall–Kier alpha value is -0.220. The molecule has 0 aromatic carbocycles. The summed E-state index contributed by atoms with van der Waals surface area (Å²) in [7, 11) is 0. The molecule has 4 heteroatoms. The van der Waals surface area contributed by atoms with Crippen molar-refractivity contribution in [3.8, 4) is 0 Å². The van der Waals surface area contributed by atoms with Crippen LogP contribution >= 0.6 is 0 Å². The Morgan fingerprint density at radius 1 is 1.62 bits per heavy atom. The lowest BCUT2D eigenvalue weighted by Crippen LogP contribution is -2.46. The maximum atomic E-state index is 12.4. The van der Waals surface area contributed by atoms with E-state index in [0.29, 0.717) is 0 Å². The molecule has 0 aromatic heterocycles. The normalized spacial score (nSPS) is 35.3. The average Bonchev–Trinajstić information content (AvgIpc) is 2.04. The summed E-state index contributed by atoms with van der Waals surface area (Å²) in [6.45, 7) is 2.21. The number of hydrogen-bond donors (Lipinski definition) is 1. The van der Waals surface area contributed by atoms with Crippen LogP contribution in [0.15, 0.2) is 0 Å². The standard InChI is InChI=1S/C9H16F2O2/c1-2-3-7-6-9(12,8(10)11)4-5-13-7/h7-8,12H,2-6H2,1H3. The van der Waals surface area contributed by atoms with E-state index in [4.69, 9.17) is 4.74 Å². The second-order valence-corrected chi connectivity index (χ2v) is 3.64. The van der Waals surface area contributed by atoms with E-state index < -0.39 is 12.0 Å². The lowest BCUT2D eigenvalue weighted by atomic mass is 9.89. The van der Waals surface area contributed by atoms with E-state index in [1.165, 1.54) is 0 Å². The Kier molecular flexibility index (Phi) is 3.62. The monoisotopic (exact) mass is 194 g/mol. The number of halogens is 2. The zero-order chi connectivity index (χ0) is 9.90. The number of ether oxygens (including phenoxy) is 1. The number of alkyl halides is 2. The van der Waals surface area contributed by atoms with E-state index in [9.17, 15) is 13.9 Å². The number of rotatable bonds is 3. The quantitative estimate of drug-likeness (QED) is 0.744. The van der Waals surface area contributed by atoms with Crippen LogP contribution < -0.4 is 0 Å². The van der Waals surface area contributed by atoms with Gasteiger partial charge in [-0.3, -0.25) is 0 Å². The minimum Gasteiger partial charge on any atom is -0.384 e. The van der Waals surface area contributed by atoms with E-state index in [2.05, 4.69) is 0 Å². The molecule has 0 aliphatic carbocycles. The van der Waals surface area contributed by atoms with E-state index in [-0.39, 0.29) is 25.6 Å². The molecule has 1 saturated heterocycles.